The Balaban J connectivity index is 2.34. The number of rotatable bonds is 4. The number of hydrogen-bond acceptors (Lipinski definition) is 5. The van der Waals surface area contributed by atoms with Crippen molar-refractivity contribution in [3.05, 3.63) is 43.5 Å². The molecule has 0 saturated carbocycles. The summed E-state index contributed by atoms with van der Waals surface area (Å²) in [5.74, 6) is -0.748. The average molecular weight is 383 g/mol. The van der Waals surface area contributed by atoms with E-state index in [1.807, 2.05) is 13.8 Å². The number of carbonyl (C=O) groups excluding carboxylic acids is 1. The fraction of sp³-hybridized carbons (Fsp3) is 0.286. The molecule has 0 spiro atoms. The Labute approximate surface area is 140 Å². The molecule has 1 aromatic heterocycles. The second kappa shape index (κ2) is 6.37. The molecule has 3 N–H and O–H groups in total. The third kappa shape index (κ3) is 3.34. The number of nitrogens with one attached hydrogen (secondary N) is 2. The highest BCUT2D eigenvalue weighted by Crippen LogP contribution is 2.32. The lowest BCUT2D eigenvalue weighted by molar-refractivity contribution is -0.390. The van der Waals surface area contributed by atoms with E-state index < -0.39 is 10.8 Å². The fourth-order valence-electron chi connectivity index (χ4n) is 2.08. The van der Waals surface area contributed by atoms with Crippen molar-refractivity contribution in [2.45, 2.75) is 26.7 Å². The number of phenols is 1. The summed E-state index contributed by atoms with van der Waals surface area (Å²) in [6.07, 6.45) is 0. The number of nitrogens with zero attached hydrogens (tertiary/aromatic N) is 2. The molecule has 8 nitrogen and oxygen atoms in total. The Bertz CT molecular complexity index is 785. The van der Waals surface area contributed by atoms with Crippen LogP contribution in [0.3, 0.4) is 0 Å². The second-order valence-electron chi connectivity index (χ2n) is 5.33. The van der Waals surface area contributed by atoms with Gasteiger partial charge >= 0.3 is 5.82 Å². The lowest BCUT2D eigenvalue weighted by Gasteiger charge is -2.14. The summed E-state index contributed by atoms with van der Waals surface area (Å²) in [4.78, 5) is 22.4. The van der Waals surface area contributed by atoms with E-state index in [2.05, 4.69) is 31.4 Å². The van der Waals surface area contributed by atoms with Crippen molar-refractivity contribution in [1.29, 1.82) is 0 Å². The van der Waals surface area contributed by atoms with E-state index in [0.717, 1.165) is 0 Å². The monoisotopic (exact) mass is 382 g/mol. The summed E-state index contributed by atoms with van der Waals surface area (Å²) < 4.78 is -0.0134. The zero-order valence-electron chi connectivity index (χ0n) is 12.7. The standard InChI is InChI=1S/C14H15BrN4O4/c1-6(2)8-5-9(7(3)4-10(8)20)16-14(21)12-11(15)13(18-17-12)19(22)23/h4-6,20H,1-3H3,(H,16,21)(H,17,18). The van der Waals surface area contributed by atoms with Crippen LogP contribution in [0, 0.1) is 17.0 Å². The molecule has 2 aromatic rings. The minimum absolute atomic E-state index is 0.0134. The molecule has 0 aliphatic carbocycles. The van der Waals surface area contributed by atoms with Crippen molar-refractivity contribution >= 4 is 33.3 Å². The molecule has 9 heteroatoms. The molecule has 1 aromatic carbocycles. The molecule has 1 amide bonds. The van der Waals surface area contributed by atoms with Crippen molar-refractivity contribution < 1.29 is 14.8 Å². The van der Waals surface area contributed by atoms with Gasteiger partial charge in [-0.25, -0.2) is 0 Å². The first-order valence-electron chi connectivity index (χ1n) is 6.75. The van der Waals surface area contributed by atoms with Gasteiger partial charge in [0, 0.05) is 5.69 Å². The van der Waals surface area contributed by atoms with Gasteiger partial charge in [0.05, 0.1) is 0 Å². The maximum Gasteiger partial charge on any atom is 0.357 e. The number of carbonyl (C=O) groups is 1. The zero-order chi connectivity index (χ0) is 17.3. The van der Waals surface area contributed by atoms with Crippen LogP contribution in [0.1, 0.15) is 41.4 Å². The van der Waals surface area contributed by atoms with Gasteiger partial charge in [-0.05, 0) is 57.0 Å². The third-order valence-corrected chi connectivity index (χ3v) is 4.08. The number of benzene rings is 1. The van der Waals surface area contributed by atoms with E-state index in [-0.39, 0.29) is 27.7 Å². The lowest BCUT2D eigenvalue weighted by atomic mass is 9.99. The molecule has 0 aliphatic heterocycles. The van der Waals surface area contributed by atoms with Crippen LogP contribution in [0.15, 0.2) is 16.6 Å². The van der Waals surface area contributed by atoms with Gasteiger partial charge < -0.3 is 20.5 Å². The number of phenolic OH excluding ortho intramolecular Hbond substituents is 1. The van der Waals surface area contributed by atoms with Crippen molar-refractivity contribution in [3.8, 4) is 5.75 Å². The van der Waals surface area contributed by atoms with E-state index in [1.165, 1.54) is 0 Å². The van der Waals surface area contributed by atoms with Gasteiger partial charge in [0.1, 0.15) is 10.2 Å². The lowest BCUT2D eigenvalue weighted by Crippen LogP contribution is -2.14. The van der Waals surface area contributed by atoms with Crippen molar-refractivity contribution in [3.63, 3.8) is 0 Å². The van der Waals surface area contributed by atoms with Crippen molar-refractivity contribution in [2.24, 2.45) is 0 Å². The van der Waals surface area contributed by atoms with Gasteiger partial charge in [-0.1, -0.05) is 18.9 Å². The molecule has 0 bridgehead atoms. The summed E-state index contributed by atoms with van der Waals surface area (Å²) in [5.41, 5.74) is 1.75. The highest BCUT2D eigenvalue weighted by molar-refractivity contribution is 9.10. The van der Waals surface area contributed by atoms with Gasteiger partial charge in [0.15, 0.2) is 5.69 Å². The van der Waals surface area contributed by atoms with Gasteiger partial charge in [0.25, 0.3) is 5.91 Å². The smallest absolute Gasteiger partial charge is 0.357 e. The van der Waals surface area contributed by atoms with Crippen LogP contribution < -0.4 is 5.32 Å². The zero-order valence-corrected chi connectivity index (χ0v) is 14.3. The number of aryl methyl sites for hydroxylation is 1. The summed E-state index contributed by atoms with van der Waals surface area (Å²) in [5, 5.41) is 29.2. The fourth-order valence-corrected chi connectivity index (χ4v) is 2.58. The Hall–Kier alpha value is -2.42. The number of nitro groups is 1. The summed E-state index contributed by atoms with van der Waals surface area (Å²) >= 11 is 3.00. The summed E-state index contributed by atoms with van der Waals surface area (Å²) in [7, 11) is 0. The minimum Gasteiger partial charge on any atom is -0.508 e. The third-order valence-electron chi connectivity index (χ3n) is 3.33. The number of anilines is 1. The Kier molecular flexibility index (Phi) is 4.69. The molecular formula is C14H15BrN4O4. The number of aromatic nitrogens is 2. The molecule has 0 radical (unpaired) electrons. The van der Waals surface area contributed by atoms with Crippen LogP contribution in [0.4, 0.5) is 11.5 Å². The highest BCUT2D eigenvalue weighted by atomic mass is 79.9. The number of aromatic amines is 1. The molecule has 2 rings (SSSR count). The molecule has 0 atom stereocenters. The normalized spacial score (nSPS) is 10.8. The maximum atomic E-state index is 12.3. The van der Waals surface area contributed by atoms with Crippen LogP contribution in [-0.4, -0.2) is 26.1 Å². The molecule has 0 unspecified atom stereocenters. The van der Waals surface area contributed by atoms with Gasteiger partial charge in [-0.15, -0.1) is 5.10 Å². The van der Waals surface area contributed by atoms with E-state index >= 15 is 0 Å². The van der Waals surface area contributed by atoms with Crippen LogP contribution in [0.2, 0.25) is 0 Å². The topological polar surface area (TPSA) is 121 Å². The van der Waals surface area contributed by atoms with Gasteiger partial charge in [-0.2, -0.15) is 0 Å². The minimum atomic E-state index is -0.670. The second-order valence-corrected chi connectivity index (χ2v) is 6.12. The van der Waals surface area contributed by atoms with E-state index in [9.17, 15) is 20.0 Å². The van der Waals surface area contributed by atoms with Crippen molar-refractivity contribution in [1.82, 2.24) is 10.2 Å². The Morgan fingerprint density at radius 1 is 1.48 bits per heavy atom. The molecule has 0 fully saturated rings. The number of amides is 1. The quantitative estimate of drug-likeness (QED) is 0.424. The van der Waals surface area contributed by atoms with Crippen molar-refractivity contribution in [2.75, 3.05) is 5.32 Å². The molecule has 1 heterocycles. The van der Waals surface area contributed by atoms with Gasteiger partial charge in [-0.3, -0.25) is 4.79 Å². The first kappa shape index (κ1) is 16.9. The Morgan fingerprint density at radius 3 is 2.65 bits per heavy atom. The average Bonchev–Trinajstić information content (AvgIpc) is 2.83. The molecule has 0 aliphatic rings. The number of hydrogen-bond donors (Lipinski definition) is 3. The predicted octanol–water partition coefficient (Wildman–Crippen LogP) is 3.47. The SMILES string of the molecule is Cc1cc(O)c(C(C)C)cc1NC(=O)c1n[nH]c([N+](=O)[O-])c1Br. The molecule has 122 valence electrons. The van der Waals surface area contributed by atoms with Gasteiger partial charge in [0.2, 0.25) is 0 Å². The van der Waals surface area contributed by atoms with Crippen LogP contribution in [0.25, 0.3) is 0 Å². The Morgan fingerprint density at radius 2 is 2.13 bits per heavy atom. The molecule has 23 heavy (non-hydrogen) atoms. The summed E-state index contributed by atoms with van der Waals surface area (Å²) in [6, 6.07) is 3.25. The molecular weight excluding hydrogens is 368 g/mol. The maximum absolute atomic E-state index is 12.3. The first-order chi connectivity index (χ1) is 10.7. The van der Waals surface area contributed by atoms with Crippen LogP contribution in [0.5, 0.6) is 5.75 Å². The number of halogens is 1. The number of H-pyrrole nitrogens is 1. The first-order valence-corrected chi connectivity index (χ1v) is 7.54. The largest absolute Gasteiger partial charge is 0.508 e. The number of aromatic hydroxyl groups is 1. The predicted molar refractivity (Wildman–Crippen MR) is 87.8 cm³/mol. The van der Waals surface area contributed by atoms with E-state index in [4.69, 9.17) is 0 Å². The van der Waals surface area contributed by atoms with Crippen LogP contribution >= 0.6 is 15.9 Å². The van der Waals surface area contributed by atoms with E-state index in [0.29, 0.717) is 16.8 Å². The van der Waals surface area contributed by atoms with Crippen LogP contribution in [-0.2, 0) is 0 Å². The molecule has 0 saturated heterocycles. The summed E-state index contributed by atoms with van der Waals surface area (Å²) in [6.45, 7) is 5.58. The van der Waals surface area contributed by atoms with E-state index in [1.54, 1.807) is 19.1 Å². The highest BCUT2D eigenvalue weighted by Gasteiger charge is 2.25.